The van der Waals surface area contributed by atoms with E-state index >= 15 is 0 Å². The number of para-hydroxylation sites is 1. The number of benzene rings is 2. The van der Waals surface area contributed by atoms with Crippen molar-refractivity contribution >= 4 is 11.9 Å². The van der Waals surface area contributed by atoms with E-state index in [1.165, 1.54) is 0 Å². The molecule has 2 aromatic carbocycles. The third-order valence-electron chi connectivity index (χ3n) is 4.21. The summed E-state index contributed by atoms with van der Waals surface area (Å²) in [5.41, 5.74) is 3.11. The highest BCUT2D eigenvalue weighted by Crippen LogP contribution is 2.26. The van der Waals surface area contributed by atoms with Crippen LogP contribution in [0.3, 0.4) is 0 Å². The van der Waals surface area contributed by atoms with Gasteiger partial charge in [-0.25, -0.2) is 4.68 Å². The SMILES string of the molecule is Cc1ccc(-c2nn(-c3ccccc3)cc2/C=C/C(=O)c2ccccc2)o1. The van der Waals surface area contributed by atoms with Crippen molar-refractivity contribution in [2.75, 3.05) is 0 Å². The molecular weight excluding hydrogens is 336 g/mol. The Morgan fingerprint density at radius 2 is 1.67 bits per heavy atom. The van der Waals surface area contributed by atoms with Crippen LogP contribution in [0.1, 0.15) is 21.7 Å². The first kappa shape index (κ1) is 16.8. The van der Waals surface area contributed by atoms with E-state index < -0.39 is 0 Å². The van der Waals surface area contributed by atoms with Crippen LogP contribution in [0.4, 0.5) is 0 Å². The van der Waals surface area contributed by atoms with E-state index in [1.807, 2.05) is 73.8 Å². The van der Waals surface area contributed by atoms with Crippen LogP contribution >= 0.6 is 0 Å². The van der Waals surface area contributed by atoms with Gasteiger partial charge < -0.3 is 4.42 Å². The van der Waals surface area contributed by atoms with Gasteiger partial charge in [0.25, 0.3) is 0 Å². The third kappa shape index (κ3) is 3.65. The second-order valence-corrected chi connectivity index (χ2v) is 6.19. The van der Waals surface area contributed by atoms with Gasteiger partial charge in [-0.2, -0.15) is 5.10 Å². The number of nitrogens with zero attached hydrogens (tertiary/aromatic N) is 2. The molecule has 0 radical (unpaired) electrons. The predicted molar refractivity (Wildman–Crippen MR) is 106 cm³/mol. The number of hydrogen-bond acceptors (Lipinski definition) is 3. The van der Waals surface area contributed by atoms with E-state index in [9.17, 15) is 4.79 Å². The highest BCUT2D eigenvalue weighted by Gasteiger charge is 2.14. The molecule has 0 fully saturated rings. The van der Waals surface area contributed by atoms with Crippen LogP contribution in [0.2, 0.25) is 0 Å². The molecule has 0 spiro atoms. The second kappa shape index (κ2) is 7.30. The van der Waals surface area contributed by atoms with Gasteiger partial charge in [0.2, 0.25) is 0 Å². The minimum absolute atomic E-state index is 0.0513. The van der Waals surface area contributed by atoms with Gasteiger partial charge in [-0.05, 0) is 43.3 Å². The zero-order valence-corrected chi connectivity index (χ0v) is 14.9. The Bertz CT molecular complexity index is 1090. The largest absolute Gasteiger partial charge is 0.460 e. The molecule has 0 amide bonds. The van der Waals surface area contributed by atoms with Gasteiger partial charge >= 0.3 is 0 Å². The van der Waals surface area contributed by atoms with Crippen molar-refractivity contribution in [3.05, 3.63) is 102 Å². The fourth-order valence-corrected chi connectivity index (χ4v) is 2.84. The fourth-order valence-electron chi connectivity index (χ4n) is 2.84. The molecule has 4 heteroatoms. The Morgan fingerprint density at radius 3 is 2.33 bits per heavy atom. The molecule has 0 saturated carbocycles. The van der Waals surface area contributed by atoms with E-state index in [2.05, 4.69) is 5.10 Å². The zero-order chi connectivity index (χ0) is 18.6. The van der Waals surface area contributed by atoms with Crippen LogP contribution in [0.5, 0.6) is 0 Å². The molecule has 2 heterocycles. The molecule has 0 aliphatic carbocycles. The molecule has 0 atom stereocenters. The van der Waals surface area contributed by atoms with Gasteiger partial charge in [-0.1, -0.05) is 48.5 Å². The molecule has 132 valence electrons. The second-order valence-electron chi connectivity index (χ2n) is 6.19. The summed E-state index contributed by atoms with van der Waals surface area (Å²) in [4.78, 5) is 12.4. The lowest BCUT2D eigenvalue weighted by Gasteiger charge is -1.98. The molecule has 0 aliphatic heterocycles. The zero-order valence-electron chi connectivity index (χ0n) is 14.9. The average Bonchev–Trinajstić information content (AvgIpc) is 3.33. The van der Waals surface area contributed by atoms with Crippen LogP contribution in [0.25, 0.3) is 23.2 Å². The lowest BCUT2D eigenvalue weighted by Crippen LogP contribution is -1.93. The number of furan rings is 1. The van der Waals surface area contributed by atoms with Gasteiger partial charge in [-0.3, -0.25) is 4.79 Å². The summed E-state index contributed by atoms with van der Waals surface area (Å²) in [5.74, 6) is 1.44. The maximum atomic E-state index is 12.4. The first-order chi connectivity index (χ1) is 13.2. The quantitative estimate of drug-likeness (QED) is 0.359. The van der Waals surface area contributed by atoms with Crippen molar-refractivity contribution in [2.24, 2.45) is 0 Å². The fraction of sp³-hybridized carbons (Fsp3) is 0.0435. The maximum Gasteiger partial charge on any atom is 0.185 e. The Labute approximate surface area is 157 Å². The minimum atomic E-state index is -0.0513. The summed E-state index contributed by atoms with van der Waals surface area (Å²) in [5, 5.41) is 4.68. The topological polar surface area (TPSA) is 48.0 Å². The van der Waals surface area contributed by atoms with Crippen LogP contribution in [-0.2, 0) is 0 Å². The number of ketones is 1. The molecule has 2 aromatic heterocycles. The molecule has 0 unspecified atom stereocenters. The monoisotopic (exact) mass is 354 g/mol. The third-order valence-corrected chi connectivity index (χ3v) is 4.21. The van der Waals surface area contributed by atoms with Gasteiger partial charge in [-0.15, -0.1) is 0 Å². The Balaban J connectivity index is 1.73. The molecule has 0 bridgehead atoms. The van der Waals surface area contributed by atoms with E-state index in [1.54, 1.807) is 29.0 Å². The summed E-state index contributed by atoms with van der Waals surface area (Å²) >= 11 is 0. The number of aryl methyl sites for hydroxylation is 1. The summed E-state index contributed by atoms with van der Waals surface area (Å²) in [6.45, 7) is 1.89. The minimum Gasteiger partial charge on any atom is -0.460 e. The van der Waals surface area contributed by atoms with Crippen molar-refractivity contribution < 1.29 is 9.21 Å². The van der Waals surface area contributed by atoms with E-state index in [4.69, 9.17) is 4.42 Å². The maximum absolute atomic E-state index is 12.4. The summed E-state index contributed by atoms with van der Waals surface area (Å²) in [6.07, 6.45) is 5.26. The smallest absolute Gasteiger partial charge is 0.185 e. The molecule has 4 aromatic rings. The standard InChI is InChI=1S/C23H18N2O2/c1-17-12-15-22(27-17)23-19(13-14-21(26)18-8-4-2-5-9-18)16-25(24-23)20-10-6-3-7-11-20/h2-16H,1H3/b14-13+. The van der Waals surface area contributed by atoms with Gasteiger partial charge in [0.1, 0.15) is 11.5 Å². The van der Waals surface area contributed by atoms with Crippen LogP contribution < -0.4 is 0 Å². The Kier molecular flexibility index (Phi) is 4.54. The van der Waals surface area contributed by atoms with Crippen molar-refractivity contribution in [3.8, 4) is 17.1 Å². The van der Waals surface area contributed by atoms with Crippen LogP contribution in [-0.4, -0.2) is 15.6 Å². The highest BCUT2D eigenvalue weighted by atomic mass is 16.3. The van der Waals surface area contributed by atoms with E-state index in [-0.39, 0.29) is 5.78 Å². The lowest BCUT2D eigenvalue weighted by atomic mass is 10.1. The molecule has 0 saturated heterocycles. The molecule has 27 heavy (non-hydrogen) atoms. The number of hydrogen-bond donors (Lipinski definition) is 0. The van der Waals surface area contributed by atoms with Gasteiger partial charge in [0.15, 0.2) is 11.5 Å². The van der Waals surface area contributed by atoms with E-state index in [0.29, 0.717) is 17.0 Å². The first-order valence-corrected chi connectivity index (χ1v) is 8.70. The van der Waals surface area contributed by atoms with Gasteiger partial charge in [0.05, 0.1) is 5.69 Å². The number of rotatable bonds is 5. The van der Waals surface area contributed by atoms with Crippen molar-refractivity contribution in [1.82, 2.24) is 9.78 Å². The van der Waals surface area contributed by atoms with E-state index in [0.717, 1.165) is 17.0 Å². The lowest BCUT2D eigenvalue weighted by molar-refractivity contribution is 0.104. The summed E-state index contributed by atoms with van der Waals surface area (Å²) < 4.78 is 7.55. The summed E-state index contributed by atoms with van der Waals surface area (Å²) in [6, 6.07) is 22.8. The van der Waals surface area contributed by atoms with Crippen molar-refractivity contribution in [3.63, 3.8) is 0 Å². The number of carbonyl (C=O) groups is 1. The predicted octanol–water partition coefficient (Wildman–Crippen LogP) is 5.34. The first-order valence-electron chi connectivity index (χ1n) is 8.70. The number of aromatic nitrogens is 2. The molecule has 4 nitrogen and oxygen atoms in total. The Hall–Kier alpha value is -3.66. The normalized spacial score (nSPS) is 11.1. The van der Waals surface area contributed by atoms with Crippen molar-refractivity contribution in [1.29, 1.82) is 0 Å². The van der Waals surface area contributed by atoms with Gasteiger partial charge in [0, 0.05) is 17.3 Å². The number of allylic oxidation sites excluding steroid dienone is 1. The average molecular weight is 354 g/mol. The molecular formula is C23H18N2O2. The van der Waals surface area contributed by atoms with Crippen LogP contribution in [0.15, 0.2) is 89.5 Å². The molecule has 4 rings (SSSR count). The molecule has 0 N–H and O–H groups in total. The highest BCUT2D eigenvalue weighted by molar-refractivity contribution is 6.07. The summed E-state index contributed by atoms with van der Waals surface area (Å²) in [7, 11) is 0. The molecule has 0 aliphatic rings. The van der Waals surface area contributed by atoms with Crippen LogP contribution in [0, 0.1) is 6.92 Å². The number of carbonyl (C=O) groups excluding carboxylic acids is 1. The Morgan fingerprint density at radius 1 is 0.963 bits per heavy atom. The van der Waals surface area contributed by atoms with Crippen molar-refractivity contribution in [2.45, 2.75) is 6.92 Å².